The van der Waals surface area contributed by atoms with Gasteiger partial charge in [0.1, 0.15) is 11.2 Å². The molecule has 0 fully saturated rings. The van der Waals surface area contributed by atoms with Crippen LogP contribution >= 0.6 is 0 Å². The molecular weight excluding hydrogens is 574 g/mol. The van der Waals surface area contributed by atoms with E-state index in [1.807, 2.05) is 7.05 Å². The molecule has 10 rings (SSSR count). The van der Waals surface area contributed by atoms with Crippen molar-refractivity contribution < 1.29 is 4.42 Å². The number of anilines is 1. The quantitative estimate of drug-likeness (QED) is 0.217. The fourth-order valence-electron chi connectivity index (χ4n) is 8.01. The smallest absolute Gasteiger partial charge is 0.145 e. The summed E-state index contributed by atoms with van der Waals surface area (Å²) in [6, 6.07) is 45.7. The molecule has 1 aliphatic carbocycles. The summed E-state index contributed by atoms with van der Waals surface area (Å²) < 4.78 is 11.9. The zero-order valence-electron chi connectivity index (χ0n) is 26.0. The van der Waals surface area contributed by atoms with Crippen molar-refractivity contribution in [2.45, 2.75) is 12.8 Å². The molecule has 3 aromatic heterocycles. The van der Waals surface area contributed by atoms with Gasteiger partial charge in [-0.25, -0.2) is 0 Å². The number of para-hydroxylation sites is 5. The maximum Gasteiger partial charge on any atom is 0.145 e. The maximum absolute atomic E-state index is 7.10. The second kappa shape index (κ2) is 10.0. The first kappa shape index (κ1) is 26.2. The van der Waals surface area contributed by atoms with Gasteiger partial charge < -0.3 is 18.9 Å². The van der Waals surface area contributed by atoms with Crippen LogP contribution in [-0.4, -0.2) is 16.2 Å². The van der Waals surface area contributed by atoms with Crippen molar-refractivity contribution in [1.82, 2.24) is 9.13 Å². The number of hydrogen-bond donors (Lipinski definition) is 1. The molecule has 0 aliphatic heterocycles. The van der Waals surface area contributed by atoms with Crippen molar-refractivity contribution in [3.05, 3.63) is 145 Å². The molecule has 6 aromatic carbocycles. The molecular formula is C43H31N3O. The first-order valence-electron chi connectivity index (χ1n) is 16.3. The van der Waals surface area contributed by atoms with Crippen molar-refractivity contribution in [1.29, 1.82) is 0 Å². The monoisotopic (exact) mass is 605 g/mol. The van der Waals surface area contributed by atoms with E-state index >= 15 is 0 Å². The Morgan fingerprint density at radius 2 is 1.28 bits per heavy atom. The molecule has 47 heavy (non-hydrogen) atoms. The van der Waals surface area contributed by atoms with E-state index in [-0.39, 0.29) is 0 Å². The average molecular weight is 606 g/mol. The van der Waals surface area contributed by atoms with Crippen LogP contribution in [0.4, 0.5) is 5.69 Å². The van der Waals surface area contributed by atoms with E-state index in [2.05, 4.69) is 154 Å². The second-order valence-corrected chi connectivity index (χ2v) is 12.4. The van der Waals surface area contributed by atoms with Gasteiger partial charge in [-0.1, -0.05) is 91.0 Å². The third-order valence-corrected chi connectivity index (χ3v) is 9.99. The zero-order chi connectivity index (χ0) is 31.1. The number of nitrogens with one attached hydrogen (secondary N) is 1. The minimum Gasteiger partial charge on any atom is -0.455 e. The van der Waals surface area contributed by atoms with Crippen molar-refractivity contribution >= 4 is 66.4 Å². The van der Waals surface area contributed by atoms with E-state index in [0.717, 1.165) is 73.9 Å². The van der Waals surface area contributed by atoms with E-state index in [0.29, 0.717) is 0 Å². The van der Waals surface area contributed by atoms with Gasteiger partial charge in [-0.2, -0.15) is 0 Å². The summed E-state index contributed by atoms with van der Waals surface area (Å²) >= 11 is 0. The third-order valence-electron chi connectivity index (χ3n) is 9.99. The molecule has 224 valence electrons. The highest BCUT2D eigenvalue weighted by Gasteiger charge is 2.25. The highest BCUT2D eigenvalue weighted by molar-refractivity contribution is 6.25. The van der Waals surface area contributed by atoms with Crippen LogP contribution in [0.15, 0.2) is 138 Å². The van der Waals surface area contributed by atoms with Gasteiger partial charge in [0.2, 0.25) is 0 Å². The molecule has 9 aromatic rings. The Labute approximate surface area is 271 Å². The van der Waals surface area contributed by atoms with Crippen LogP contribution in [0.3, 0.4) is 0 Å². The average Bonchev–Trinajstić information content (AvgIpc) is 3.79. The normalized spacial score (nSPS) is 13.0. The summed E-state index contributed by atoms with van der Waals surface area (Å²) in [7, 11) is 2.01. The number of nitrogens with zero attached hydrogens (tertiary/aromatic N) is 2. The molecule has 3 heterocycles. The van der Waals surface area contributed by atoms with Crippen LogP contribution < -0.4 is 5.32 Å². The Balaban J connectivity index is 1.30. The van der Waals surface area contributed by atoms with Gasteiger partial charge in [0, 0.05) is 51.1 Å². The summed E-state index contributed by atoms with van der Waals surface area (Å²) in [4.78, 5) is 0. The van der Waals surface area contributed by atoms with Gasteiger partial charge in [0.25, 0.3) is 0 Å². The molecule has 0 radical (unpaired) electrons. The summed E-state index contributed by atoms with van der Waals surface area (Å²) in [5.41, 5.74) is 13.6. The van der Waals surface area contributed by atoms with Gasteiger partial charge >= 0.3 is 0 Å². The molecule has 0 amide bonds. The fraction of sp³-hybridized carbons (Fsp3) is 0.0698. The van der Waals surface area contributed by atoms with Crippen molar-refractivity contribution in [3.8, 4) is 22.5 Å². The molecule has 1 N–H and O–H groups in total. The van der Waals surface area contributed by atoms with E-state index in [9.17, 15) is 0 Å². The fourth-order valence-corrected chi connectivity index (χ4v) is 8.01. The lowest BCUT2D eigenvalue weighted by Gasteiger charge is -2.20. The number of furan rings is 1. The van der Waals surface area contributed by atoms with E-state index in [4.69, 9.17) is 4.42 Å². The largest absolute Gasteiger partial charge is 0.455 e. The lowest BCUT2D eigenvalue weighted by Crippen LogP contribution is -2.06. The molecule has 4 nitrogen and oxygen atoms in total. The Hall–Kier alpha value is -6.00. The van der Waals surface area contributed by atoms with Crippen LogP contribution in [0.5, 0.6) is 0 Å². The molecule has 4 heteroatoms. The number of rotatable bonds is 4. The minimum absolute atomic E-state index is 0.905. The number of benzene rings is 6. The predicted molar refractivity (Wildman–Crippen MR) is 197 cm³/mol. The van der Waals surface area contributed by atoms with E-state index in [1.165, 1.54) is 33.1 Å². The highest BCUT2D eigenvalue weighted by Crippen LogP contribution is 2.46. The molecule has 0 spiro atoms. The Kier molecular flexibility index (Phi) is 5.58. The Morgan fingerprint density at radius 3 is 2.13 bits per heavy atom. The van der Waals surface area contributed by atoms with Gasteiger partial charge in [0.15, 0.2) is 0 Å². The maximum atomic E-state index is 7.10. The van der Waals surface area contributed by atoms with Crippen LogP contribution in [0.2, 0.25) is 0 Å². The topological polar surface area (TPSA) is 35.0 Å². The Bertz CT molecular complexity index is 2720. The summed E-state index contributed by atoms with van der Waals surface area (Å²) in [6.07, 6.45) is 6.71. The first-order chi connectivity index (χ1) is 23.3. The summed E-state index contributed by atoms with van der Waals surface area (Å²) in [6.45, 7) is 0. The van der Waals surface area contributed by atoms with Gasteiger partial charge in [-0.05, 0) is 66.9 Å². The van der Waals surface area contributed by atoms with E-state index < -0.39 is 0 Å². The zero-order valence-corrected chi connectivity index (χ0v) is 26.0. The number of aryl methyl sites for hydroxylation is 1. The Morgan fingerprint density at radius 1 is 0.574 bits per heavy atom. The number of aromatic nitrogens is 2. The predicted octanol–water partition coefficient (Wildman–Crippen LogP) is 11.3. The number of fused-ring (bicyclic) bond motifs is 10. The van der Waals surface area contributed by atoms with Crippen molar-refractivity contribution in [2.24, 2.45) is 0 Å². The lowest BCUT2D eigenvalue weighted by molar-refractivity contribution is 0.674. The first-order valence-corrected chi connectivity index (χ1v) is 16.3. The van der Waals surface area contributed by atoms with Crippen LogP contribution in [-0.2, 0) is 6.42 Å². The minimum atomic E-state index is 0.905. The van der Waals surface area contributed by atoms with Crippen molar-refractivity contribution in [2.75, 3.05) is 12.4 Å². The SMILES string of the molecule is CNc1cccc(-c2cccc3c2oc2c3ccc3c2c2ccccc2n3-c2ccccc2)c1-n1c2c(c3ccccc31)CCC=C2. The van der Waals surface area contributed by atoms with E-state index in [1.54, 1.807) is 0 Å². The molecule has 0 saturated carbocycles. The second-order valence-electron chi connectivity index (χ2n) is 12.4. The summed E-state index contributed by atoms with van der Waals surface area (Å²) in [5, 5.41) is 9.43. The molecule has 0 bridgehead atoms. The standard InChI is InChI=1S/C43H31N3O/c1-44-35-21-12-18-30(41(35)46-36-22-8-5-15-28(36)29-16-6-9-23-37(29)46)31-19-11-20-32-33-25-26-39-40(43(33)47-42(31)32)34-17-7-10-24-38(34)45(39)27-13-3-2-4-14-27/h2-5,7-15,17-26,44H,6,16H2,1H3. The third kappa shape index (κ3) is 3.64. The highest BCUT2D eigenvalue weighted by atomic mass is 16.3. The summed E-state index contributed by atoms with van der Waals surface area (Å²) in [5.74, 6) is 0. The number of allylic oxidation sites excluding steroid dienone is 1. The van der Waals surface area contributed by atoms with Gasteiger partial charge in [-0.15, -0.1) is 0 Å². The lowest BCUT2D eigenvalue weighted by atomic mass is 9.98. The number of hydrogen-bond acceptors (Lipinski definition) is 2. The van der Waals surface area contributed by atoms with Crippen LogP contribution in [0.1, 0.15) is 17.7 Å². The molecule has 0 saturated heterocycles. The molecule has 0 atom stereocenters. The van der Waals surface area contributed by atoms with Crippen LogP contribution in [0.25, 0.3) is 83.2 Å². The van der Waals surface area contributed by atoms with Gasteiger partial charge in [-0.3, -0.25) is 0 Å². The van der Waals surface area contributed by atoms with Crippen LogP contribution in [0, 0.1) is 0 Å². The van der Waals surface area contributed by atoms with Crippen molar-refractivity contribution in [3.63, 3.8) is 0 Å². The van der Waals surface area contributed by atoms with Gasteiger partial charge in [0.05, 0.1) is 33.3 Å². The molecule has 0 unspecified atom stereocenters. The molecule has 1 aliphatic rings.